The zero-order valence-corrected chi connectivity index (χ0v) is 29.5. The minimum atomic E-state index is -1.62. The van der Waals surface area contributed by atoms with E-state index in [0.29, 0.717) is 21.7 Å². The van der Waals surface area contributed by atoms with Crippen LogP contribution in [0.2, 0.25) is 5.02 Å². The molecule has 13 heteroatoms. The summed E-state index contributed by atoms with van der Waals surface area (Å²) in [5.41, 5.74) is 3.30. The van der Waals surface area contributed by atoms with Crippen LogP contribution < -0.4 is 15.1 Å². The number of allylic oxidation sites excluding steroid dienone is 2. The normalized spacial score (nSPS) is 25.9. The van der Waals surface area contributed by atoms with Gasteiger partial charge < -0.3 is 14.9 Å². The number of ether oxygens (including phenoxy) is 1. The summed E-state index contributed by atoms with van der Waals surface area (Å²) in [6, 6.07) is 22.2. The van der Waals surface area contributed by atoms with Gasteiger partial charge >= 0.3 is 5.97 Å². The van der Waals surface area contributed by atoms with Gasteiger partial charge in [-0.3, -0.25) is 29.5 Å². The van der Waals surface area contributed by atoms with Gasteiger partial charge in [0, 0.05) is 10.9 Å². The summed E-state index contributed by atoms with van der Waals surface area (Å²) in [5.74, 6) is -8.31. The van der Waals surface area contributed by atoms with E-state index in [1.54, 1.807) is 43.3 Å². The molecule has 4 aromatic rings. The van der Waals surface area contributed by atoms with Crippen LogP contribution in [0.25, 0.3) is 0 Å². The Morgan fingerprint density at radius 2 is 1.69 bits per heavy atom. The molecule has 2 aliphatic carbocycles. The number of aromatic hydroxyl groups is 1. The van der Waals surface area contributed by atoms with Crippen LogP contribution in [0.15, 0.2) is 103 Å². The van der Waals surface area contributed by atoms with E-state index < -0.39 is 70.4 Å². The molecule has 4 amide bonds. The van der Waals surface area contributed by atoms with Crippen LogP contribution >= 0.6 is 11.6 Å². The van der Waals surface area contributed by atoms with E-state index >= 15 is 4.79 Å². The standard InChI is InChI=1S/C41H33ClFN3O8/c1-2-54-33-19-21(6-17-32(33)47)35-28-15-16-29-34(38(50)45(36(29)48)27-5-3-4-22(18-27)39(51)52)30(28)20-31-37(49)46(44-26-13-11-25(43)12-14-26)40(53)41(31,35)23-7-9-24(42)10-8-23/h3-15,17-19,29-31,34-35,44,47H,2,16,20H2,1H3,(H,51,52)/t29-,30+,31-,34-,35-,41+/m0/s1. The number of amides is 4. The van der Waals surface area contributed by atoms with Crippen molar-refractivity contribution in [3.05, 3.63) is 130 Å². The molecule has 0 bridgehead atoms. The molecule has 54 heavy (non-hydrogen) atoms. The van der Waals surface area contributed by atoms with Gasteiger partial charge in [0.2, 0.25) is 11.8 Å². The second kappa shape index (κ2) is 13.1. The first kappa shape index (κ1) is 35.0. The summed E-state index contributed by atoms with van der Waals surface area (Å²) in [4.78, 5) is 71.5. The largest absolute Gasteiger partial charge is 0.504 e. The number of imide groups is 2. The molecule has 4 aromatic carbocycles. The number of rotatable bonds is 8. The van der Waals surface area contributed by atoms with E-state index in [2.05, 4.69) is 5.43 Å². The molecule has 0 aromatic heterocycles. The molecule has 11 nitrogen and oxygen atoms in total. The molecule has 3 fully saturated rings. The number of benzene rings is 4. The van der Waals surface area contributed by atoms with Crippen molar-refractivity contribution < 1.29 is 43.3 Å². The van der Waals surface area contributed by atoms with Gasteiger partial charge in [-0.25, -0.2) is 9.18 Å². The van der Waals surface area contributed by atoms with Crippen LogP contribution in [0.5, 0.6) is 11.5 Å². The summed E-state index contributed by atoms with van der Waals surface area (Å²) >= 11 is 6.36. The zero-order chi connectivity index (χ0) is 38.1. The van der Waals surface area contributed by atoms with Crippen molar-refractivity contribution >= 4 is 52.6 Å². The average molecular weight is 750 g/mol. The van der Waals surface area contributed by atoms with E-state index in [-0.39, 0.29) is 47.9 Å². The Kier molecular flexibility index (Phi) is 8.52. The fourth-order valence-electron chi connectivity index (χ4n) is 9.04. The Hall–Kier alpha value is -6.01. The highest BCUT2D eigenvalue weighted by atomic mass is 35.5. The number of carbonyl (C=O) groups excluding carboxylic acids is 4. The minimum absolute atomic E-state index is 0.0106. The van der Waals surface area contributed by atoms with E-state index in [4.69, 9.17) is 16.3 Å². The number of phenols is 1. The van der Waals surface area contributed by atoms with Crippen molar-refractivity contribution in [2.45, 2.75) is 31.1 Å². The van der Waals surface area contributed by atoms with E-state index in [0.717, 1.165) is 9.91 Å². The molecular weight excluding hydrogens is 717 g/mol. The lowest BCUT2D eigenvalue weighted by molar-refractivity contribution is -0.138. The molecule has 0 radical (unpaired) electrons. The number of aromatic carboxylic acids is 1. The lowest BCUT2D eigenvalue weighted by Crippen LogP contribution is -2.53. The molecule has 2 aliphatic heterocycles. The number of hydrogen-bond donors (Lipinski definition) is 3. The van der Waals surface area contributed by atoms with Gasteiger partial charge in [0.15, 0.2) is 11.5 Å². The lowest BCUT2D eigenvalue weighted by atomic mass is 9.49. The maximum Gasteiger partial charge on any atom is 0.335 e. The van der Waals surface area contributed by atoms with Crippen LogP contribution in [0.1, 0.15) is 47.2 Å². The Morgan fingerprint density at radius 3 is 2.39 bits per heavy atom. The SMILES string of the molecule is CCOc1cc([C@H]2C3=CC[C@@H]4C(=O)N(c5cccc(C(=O)O)c5)C(=O)[C@@H]4[C@@H]3C[C@H]3C(=O)N(Nc4ccc(F)cc4)C(=O)[C@@]23c2ccc(Cl)cc2)ccc1O. The highest BCUT2D eigenvalue weighted by molar-refractivity contribution is 6.30. The van der Waals surface area contributed by atoms with Crippen molar-refractivity contribution in [1.29, 1.82) is 0 Å². The number of nitrogens with one attached hydrogen (secondary N) is 1. The summed E-state index contributed by atoms with van der Waals surface area (Å²) in [5, 5.41) is 21.7. The molecule has 0 unspecified atom stereocenters. The second-order valence-electron chi connectivity index (χ2n) is 13.9. The van der Waals surface area contributed by atoms with Crippen molar-refractivity contribution in [2.75, 3.05) is 16.9 Å². The smallest absolute Gasteiger partial charge is 0.335 e. The predicted molar refractivity (Wildman–Crippen MR) is 194 cm³/mol. The average Bonchev–Trinajstić information content (AvgIpc) is 3.54. The molecule has 2 heterocycles. The van der Waals surface area contributed by atoms with E-state index in [1.807, 2.05) is 6.08 Å². The minimum Gasteiger partial charge on any atom is -0.504 e. The highest BCUT2D eigenvalue weighted by Crippen LogP contribution is 2.64. The van der Waals surface area contributed by atoms with E-state index in [1.165, 1.54) is 54.6 Å². The van der Waals surface area contributed by atoms with Gasteiger partial charge in [0.25, 0.3) is 11.8 Å². The Labute approximate surface area is 313 Å². The number of hydrazine groups is 1. The second-order valence-corrected chi connectivity index (χ2v) is 14.3. The van der Waals surface area contributed by atoms with Crippen LogP contribution in [-0.2, 0) is 24.6 Å². The fraction of sp³-hybridized carbons (Fsp3) is 0.244. The van der Waals surface area contributed by atoms with Crippen LogP contribution in [0.3, 0.4) is 0 Å². The quantitative estimate of drug-likeness (QED) is 0.136. The maximum atomic E-state index is 15.3. The van der Waals surface area contributed by atoms with Gasteiger partial charge in [-0.15, -0.1) is 0 Å². The Balaban J connectivity index is 1.32. The van der Waals surface area contributed by atoms with Gasteiger partial charge in [-0.2, -0.15) is 5.01 Å². The first-order chi connectivity index (χ1) is 25.9. The Bertz CT molecular complexity index is 2280. The van der Waals surface area contributed by atoms with Crippen molar-refractivity contribution in [3.8, 4) is 11.5 Å². The van der Waals surface area contributed by atoms with Crippen LogP contribution in [0.4, 0.5) is 15.8 Å². The highest BCUT2D eigenvalue weighted by Gasteiger charge is 2.70. The molecule has 6 atom stereocenters. The number of anilines is 2. The van der Waals surface area contributed by atoms with Crippen molar-refractivity contribution in [3.63, 3.8) is 0 Å². The third-order valence-corrected chi connectivity index (χ3v) is 11.5. The number of carboxylic acids is 1. The van der Waals surface area contributed by atoms with Gasteiger partial charge in [-0.05, 0) is 104 Å². The van der Waals surface area contributed by atoms with Gasteiger partial charge in [0.05, 0.1) is 46.7 Å². The topological polar surface area (TPSA) is 154 Å². The number of carbonyl (C=O) groups is 5. The summed E-state index contributed by atoms with van der Waals surface area (Å²) in [6.07, 6.45) is 2.04. The number of hydrogen-bond acceptors (Lipinski definition) is 8. The van der Waals surface area contributed by atoms with Crippen LogP contribution in [0, 0.1) is 29.5 Å². The monoisotopic (exact) mass is 749 g/mol. The molecule has 274 valence electrons. The number of halogens is 2. The number of fused-ring (bicyclic) bond motifs is 4. The van der Waals surface area contributed by atoms with Gasteiger partial charge in [-0.1, -0.05) is 47.5 Å². The maximum absolute atomic E-state index is 15.3. The van der Waals surface area contributed by atoms with Gasteiger partial charge in [0.1, 0.15) is 5.82 Å². The summed E-state index contributed by atoms with van der Waals surface area (Å²) in [7, 11) is 0. The van der Waals surface area contributed by atoms with Crippen molar-refractivity contribution in [2.24, 2.45) is 23.7 Å². The first-order valence-corrected chi connectivity index (χ1v) is 17.9. The zero-order valence-electron chi connectivity index (χ0n) is 28.7. The molecule has 0 spiro atoms. The molecule has 4 aliphatic rings. The fourth-order valence-corrected chi connectivity index (χ4v) is 9.17. The number of carboxylic acid groups (broad SMARTS) is 1. The lowest BCUT2D eigenvalue weighted by Gasteiger charge is -2.50. The first-order valence-electron chi connectivity index (χ1n) is 17.5. The number of phenolic OH excluding ortho intramolecular Hbond substituents is 1. The molecule has 3 N–H and O–H groups in total. The predicted octanol–water partition coefficient (Wildman–Crippen LogP) is 6.47. The van der Waals surface area contributed by atoms with Crippen molar-refractivity contribution in [1.82, 2.24) is 5.01 Å². The Morgan fingerprint density at radius 1 is 0.944 bits per heavy atom. The molecular formula is C41H33ClFN3O8. The van der Waals surface area contributed by atoms with Crippen LogP contribution in [-0.4, -0.2) is 51.4 Å². The third-order valence-electron chi connectivity index (χ3n) is 11.2. The van der Waals surface area contributed by atoms with E-state index in [9.17, 15) is 33.8 Å². The summed E-state index contributed by atoms with van der Waals surface area (Å²) < 4.78 is 19.7. The molecule has 1 saturated carbocycles. The number of nitrogens with zero attached hydrogens (tertiary/aromatic N) is 2. The molecule has 8 rings (SSSR count). The third kappa shape index (κ3) is 5.26. The summed E-state index contributed by atoms with van der Waals surface area (Å²) in [6.45, 7) is 1.99. The molecule has 2 saturated heterocycles.